The molecule has 3 heterocycles. The van der Waals surface area contributed by atoms with E-state index in [0.717, 1.165) is 17.0 Å². The molecule has 12 heteroatoms. The molecule has 0 unspecified atom stereocenters. The molecule has 0 bridgehead atoms. The Labute approximate surface area is 185 Å². The lowest BCUT2D eigenvalue weighted by Crippen LogP contribution is -2.41. The minimum absolute atomic E-state index is 0.0162. The number of aromatic nitrogens is 2. The maximum absolute atomic E-state index is 13.7. The van der Waals surface area contributed by atoms with Crippen LogP contribution in [0.4, 0.5) is 26.3 Å². The number of pyridine rings is 1. The maximum Gasteiger partial charge on any atom is 0.435 e. The molecule has 0 radical (unpaired) electrons. The van der Waals surface area contributed by atoms with E-state index < -0.39 is 46.8 Å². The van der Waals surface area contributed by atoms with Gasteiger partial charge >= 0.3 is 12.4 Å². The van der Waals surface area contributed by atoms with Crippen molar-refractivity contribution >= 4 is 39.0 Å². The lowest BCUT2D eigenvalue weighted by atomic mass is 9.90. The van der Waals surface area contributed by atoms with Crippen LogP contribution in [0.2, 0.25) is 0 Å². The van der Waals surface area contributed by atoms with Crippen LogP contribution < -0.4 is 5.56 Å². The van der Waals surface area contributed by atoms with Gasteiger partial charge in [-0.2, -0.15) is 26.3 Å². The number of hydrogen-bond acceptors (Lipinski definition) is 4. The van der Waals surface area contributed by atoms with Crippen LogP contribution in [-0.4, -0.2) is 32.6 Å². The Balaban J connectivity index is 1.95. The lowest BCUT2D eigenvalue weighted by molar-refractivity contribution is -0.166. The smallest absolute Gasteiger partial charge is 0.274 e. The molecule has 2 aromatic carbocycles. The van der Waals surface area contributed by atoms with Crippen LogP contribution >= 0.6 is 0 Å². The molecule has 4 aromatic rings. The van der Waals surface area contributed by atoms with Crippen molar-refractivity contribution < 1.29 is 35.9 Å². The predicted molar refractivity (Wildman–Crippen MR) is 108 cm³/mol. The number of benzene rings is 2. The average molecular weight is 481 g/mol. The second-order valence-corrected chi connectivity index (χ2v) is 7.96. The molecule has 1 aliphatic rings. The minimum Gasteiger partial charge on any atom is -0.274 e. The van der Waals surface area contributed by atoms with E-state index in [2.05, 4.69) is 4.98 Å². The van der Waals surface area contributed by atoms with Gasteiger partial charge in [-0.25, -0.2) is 4.98 Å². The maximum atomic E-state index is 13.7. The summed E-state index contributed by atoms with van der Waals surface area (Å²) >= 11 is 0. The van der Waals surface area contributed by atoms with Gasteiger partial charge in [0.15, 0.2) is 11.4 Å². The van der Waals surface area contributed by atoms with E-state index in [1.54, 1.807) is 0 Å². The normalized spacial score (nSPS) is 14.9. The van der Waals surface area contributed by atoms with E-state index in [9.17, 15) is 40.7 Å². The quantitative estimate of drug-likeness (QED) is 0.309. The van der Waals surface area contributed by atoms with Crippen LogP contribution in [0.3, 0.4) is 0 Å². The topological polar surface area (TPSA) is 71.8 Å². The van der Waals surface area contributed by atoms with E-state index in [1.165, 1.54) is 12.1 Å². The standard InChI is InChI=1S/C22H13F6N3O3/c1-2-3-8-30-18(32)10-5-4-9-13-12(7-6-11(14(10)13)19(30)33)20(34)31-16(22(26,27)28)15(21(23,24)25)29-17(9)31/h4-7H,2-3,8H2,1H3. The SMILES string of the molecule is CCCCN1C(=O)c2ccc3c(=O)n4c(C(F)(F)F)c(C(F)(F)F)nc4c4ccc(c2c34)C1=O. The van der Waals surface area contributed by atoms with Gasteiger partial charge in [-0.1, -0.05) is 13.3 Å². The summed E-state index contributed by atoms with van der Waals surface area (Å²) in [5.74, 6) is -1.30. The van der Waals surface area contributed by atoms with Crippen molar-refractivity contribution in [3.05, 3.63) is 57.1 Å². The molecular weight excluding hydrogens is 468 g/mol. The van der Waals surface area contributed by atoms with Gasteiger partial charge in [-0.15, -0.1) is 0 Å². The second kappa shape index (κ2) is 6.90. The van der Waals surface area contributed by atoms with Crippen molar-refractivity contribution in [1.29, 1.82) is 0 Å². The minimum atomic E-state index is -5.53. The van der Waals surface area contributed by atoms with Crippen LogP contribution in [0, 0.1) is 0 Å². The Morgan fingerprint density at radius 2 is 1.41 bits per heavy atom. The van der Waals surface area contributed by atoms with E-state index in [-0.39, 0.29) is 43.6 Å². The molecule has 0 spiro atoms. The van der Waals surface area contributed by atoms with E-state index in [0.29, 0.717) is 12.8 Å². The Morgan fingerprint density at radius 1 is 0.824 bits per heavy atom. The molecule has 0 aliphatic carbocycles. The molecule has 176 valence electrons. The first kappa shape index (κ1) is 22.1. The molecule has 1 aliphatic heterocycles. The summed E-state index contributed by atoms with van der Waals surface area (Å²) in [4.78, 5) is 43.3. The number of carbonyl (C=O) groups excluding carboxylic acids is 2. The first-order valence-electron chi connectivity index (χ1n) is 10.2. The second-order valence-electron chi connectivity index (χ2n) is 7.96. The summed E-state index contributed by atoms with van der Waals surface area (Å²) in [5, 5.41) is -0.625. The summed E-state index contributed by atoms with van der Waals surface area (Å²) < 4.78 is 81.3. The van der Waals surface area contributed by atoms with Gasteiger partial charge in [-0.3, -0.25) is 23.7 Å². The zero-order valence-electron chi connectivity index (χ0n) is 17.3. The van der Waals surface area contributed by atoms with Gasteiger partial charge in [0.1, 0.15) is 5.65 Å². The third-order valence-electron chi connectivity index (χ3n) is 5.94. The van der Waals surface area contributed by atoms with Crippen LogP contribution in [0.5, 0.6) is 0 Å². The molecule has 0 fully saturated rings. The van der Waals surface area contributed by atoms with Gasteiger partial charge in [0.25, 0.3) is 17.4 Å². The third kappa shape index (κ3) is 2.83. The fourth-order valence-corrected chi connectivity index (χ4v) is 4.50. The van der Waals surface area contributed by atoms with Crippen LogP contribution in [-0.2, 0) is 12.4 Å². The fraction of sp³-hybridized carbons (Fsp3) is 0.273. The van der Waals surface area contributed by atoms with E-state index >= 15 is 0 Å². The third-order valence-corrected chi connectivity index (χ3v) is 5.94. The molecule has 5 rings (SSSR count). The van der Waals surface area contributed by atoms with Gasteiger partial charge in [0, 0.05) is 39.2 Å². The van der Waals surface area contributed by atoms with Crippen molar-refractivity contribution in [1.82, 2.24) is 14.3 Å². The number of amides is 2. The number of imide groups is 1. The number of imidazole rings is 1. The number of alkyl halides is 6. The van der Waals surface area contributed by atoms with Gasteiger partial charge in [0.2, 0.25) is 0 Å². The van der Waals surface area contributed by atoms with Crippen LogP contribution in [0.1, 0.15) is 51.9 Å². The summed E-state index contributed by atoms with van der Waals surface area (Å²) in [6, 6.07) is 4.68. The first-order valence-corrected chi connectivity index (χ1v) is 10.2. The van der Waals surface area contributed by atoms with Crippen molar-refractivity contribution in [2.75, 3.05) is 6.54 Å². The number of nitrogens with zero attached hydrogens (tertiary/aromatic N) is 3. The largest absolute Gasteiger partial charge is 0.435 e. The van der Waals surface area contributed by atoms with Crippen molar-refractivity contribution in [2.45, 2.75) is 32.1 Å². The molecule has 0 saturated heterocycles. The Kier molecular flexibility index (Phi) is 4.49. The average Bonchev–Trinajstić information content (AvgIpc) is 3.18. The number of unbranched alkanes of at least 4 members (excludes halogenated alkanes) is 1. The molecular formula is C22H13F6N3O3. The monoisotopic (exact) mass is 481 g/mol. The molecule has 34 heavy (non-hydrogen) atoms. The zero-order valence-corrected chi connectivity index (χ0v) is 17.3. The fourth-order valence-electron chi connectivity index (χ4n) is 4.50. The van der Waals surface area contributed by atoms with E-state index in [1.807, 2.05) is 6.92 Å². The predicted octanol–water partition coefficient (Wildman–Crippen LogP) is 4.87. The summed E-state index contributed by atoms with van der Waals surface area (Å²) in [5.41, 5.74) is -6.63. The summed E-state index contributed by atoms with van der Waals surface area (Å²) in [6.07, 6.45) is -9.76. The van der Waals surface area contributed by atoms with Crippen molar-refractivity contribution in [3.63, 3.8) is 0 Å². The number of halogens is 6. The molecule has 2 amide bonds. The first-order chi connectivity index (χ1) is 15.9. The highest BCUT2D eigenvalue weighted by Gasteiger charge is 2.49. The highest BCUT2D eigenvalue weighted by Crippen LogP contribution is 2.43. The van der Waals surface area contributed by atoms with Gasteiger partial charge in [-0.05, 0) is 30.7 Å². The summed E-state index contributed by atoms with van der Waals surface area (Å²) in [6.45, 7) is 2.02. The Bertz CT molecular complexity index is 1560. The highest BCUT2D eigenvalue weighted by atomic mass is 19.4. The number of hydrogen-bond donors (Lipinski definition) is 0. The highest BCUT2D eigenvalue weighted by molar-refractivity contribution is 6.31. The molecule has 0 N–H and O–H groups in total. The Morgan fingerprint density at radius 3 is 1.94 bits per heavy atom. The molecule has 0 atom stereocenters. The van der Waals surface area contributed by atoms with Crippen molar-refractivity contribution in [2.24, 2.45) is 0 Å². The number of carbonyl (C=O) groups is 2. The van der Waals surface area contributed by atoms with Gasteiger partial charge in [0.05, 0.1) is 0 Å². The Hall–Kier alpha value is -3.70. The number of rotatable bonds is 3. The molecule has 0 saturated carbocycles. The van der Waals surface area contributed by atoms with Gasteiger partial charge < -0.3 is 0 Å². The summed E-state index contributed by atoms with van der Waals surface area (Å²) in [7, 11) is 0. The van der Waals surface area contributed by atoms with E-state index in [4.69, 9.17) is 0 Å². The number of fused-ring (bicyclic) bond motifs is 2. The van der Waals surface area contributed by atoms with Crippen LogP contribution in [0.25, 0.3) is 27.2 Å². The zero-order chi connectivity index (χ0) is 24.7. The van der Waals surface area contributed by atoms with Crippen molar-refractivity contribution in [3.8, 4) is 0 Å². The van der Waals surface area contributed by atoms with Crippen LogP contribution in [0.15, 0.2) is 29.1 Å². The lowest BCUT2D eigenvalue weighted by Gasteiger charge is -2.27. The molecule has 2 aromatic heterocycles. The molecule has 6 nitrogen and oxygen atoms in total.